The molecule has 27 nitrogen and oxygen atoms in total. The quantitative estimate of drug-likeness (QED) is 0.00977. The van der Waals surface area contributed by atoms with Gasteiger partial charge in [0.2, 0.25) is 11.8 Å². The van der Waals surface area contributed by atoms with Crippen LogP contribution in [0.25, 0.3) is 11.1 Å². The van der Waals surface area contributed by atoms with Gasteiger partial charge in [-0.15, -0.1) is 0 Å². The van der Waals surface area contributed by atoms with Crippen LogP contribution in [0.1, 0.15) is 123 Å². The number of nitrogens with zero attached hydrogens (tertiary/aromatic N) is 4. The second-order valence-corrected chi connectivity index (χ2v) is 58.4. The number of fused-ring (bicyclic) bond motifs is 6. The molecule has 4 N–H and O–H groups in total. The lowest BCUT2D eigenvalue weighted by Crippen LogP contribution is -2.45. The molecule has 1 aliphatic carbocycles. The van der Waals surface area contributed by atoms with E-state index in [9.17, 15) is 43.2 Å². The number of carbonyl (C=O) groups is 10. The number of amides is 3. The van der Waals surface area contributed by atoms with E-state index in [1.54, 1.807) is 120 Å². The number of hydrogen-bond acceptors (Lipinski definition) is 27. The Labute approximate surface area is 897 Å². The van der Waals surface area contributed by atoms with Crippen molar-refractivity contribution in [2.75, 3.05) is 68.8 Å². The minimum Gasteiger partial charge on any atom is -0.497 e. The van der Waals surface area contributed by atoms with E-state index in [1.165, 1.54) is 70.5 Å². The molecular formula is C98H91Cl4N7O20P4S11. The molecule has 0 radical (unpaired) electrons. The zero-order valence-corrected chi connectivity index (χ0v) is 93.7. The van der Waals surface area contributed by atoms with E-state index in [0.717, 1.165) is 105 Å². The molecule has 4 aliphatic rings. The molecule has 46 heteroatoms. The standard InChI is InChI=1S/C34H29ClN2O7.C22H22ClN3O4.C20H18ClNO4.C20H18ClNO3S.C2H4O2.P4S10/c1-42-22-15-16-29(27(17-22)32(39)20-11-13-21(35)14-12-20)36-33(40)30(18-31(38)43-2)37-34(41)44-19-28-25-9-5-3-7-23(25)24-8-4-6-10-26(24)28;1-13(27)25-26-20-10-15-6-9-17(29-2)11-18(15)22(14-4-7-16(23)8-5-14)24-19(20)12-21(28)30-3;1-25-15-8-5-13-9-18(23)17(11-19(24)26-2)22-20(16(13)10-15)12-3-6-14(21)7-4-12;1-24-15-8-5-13-9-18(26)17(11-19(23)25-2)22-20(16(13)10-15)12-3-6-14(21)7-4-12;1-2(3)4;5-1-4(2-6)3-8-10-12-14-13-11-9-7/h3-17,28,30H,18-19H2,1-2H3,(H,36,40)(H,37,41);4-9,11,19H,10,12H2,1-3H3,(H,25,27);2*3-8,10,17H,9,11H2,1-2H3;1H3,(H,3,4);/b;26-20+;;;;/t30-;19-;2*17-;;/m0000../s1. The summed E-state index contributed by atoms with van der Waals surface area (Å²) >= 11 is 44.3. The first kappa shape index (κ1) is 117. The summed E-state index contributed by atoms with van der Waals surface area (Å²) in [6, 6.07) is 62.5. The van der Waals surface area contributed by atoms with Crippen LogP contribution in [0.2, 0.25) is 20.1 Å². The maximum absolute atomic E-state index is 13.4. The van der Waals surface area contributed by atoms with E-state index in [4.69, 9.17) is 156 Å². The van der Waals surface area contributed by atoms with Crippen molar-refractivity contribution in [3.05, 3.63) is 311 Å². The normalized spacial score (nSPS) is 14.5. The molecule has 4 atom stereocenters. The number of halogens is 4. The van der Waals surface area contributed by atoms with Crippen molar-refractivity contribution in [1.82, 2.24) is 10.7 Å². The van der Waals surface area contributed by atoms with Crippen molar-refractivity contribution in [3.8, 4) is 34.1 Å². The zero-order valence-electron chi connectivity index (χ0n) is 78.1. The van der Waals surface area contributed by atoms with Crippen LogP contribution >= 0.6 is 86.7 Å². The van der Waals surface area contributed by atoms with E-state index in [2.05, 4.69) is 26.2 Å². The van der Waals surface area contributed by atoms with Crippen LogP contribution in [0.3, 0.4) is 0 Å². The lowest BCUT2D eigenvalue weighted by atomic mass is 9.95. The van der Waals surface area contributed by atoms with Gasteiger partial charge in [0.25, 0.3) is 5.97 Å². The number of carbonyl (C=O) groups excluding carboxylic acids is 9. The fourth-order valence-corrected chi connectivity index (χ4v) is 50.4. The predicted octanol–water partition coefficient (Wildman–Crippen LogP) is 20.0. The molecule has 0 bridgehead atoms. The number of hydrazone groups is 1. The number of ketones is 2. The number of alkyl carbamates (subject to hydrolysis) is 1. The van der Waals surface area contributed by atoms with Gasteiger partial charge in [0, 0.05) is 130 Å². The minimum atomic E-state index is -1.36. The number of esters is 4. The van der Waals surface area contributed by atoms with Crippen LogP contribution in [-0.4, -0.2) is 180 Å². The van der Waals surface area contributed by atoms with Gasteiger partial charge >= 0.3 is 30.0 Å². The summed E-state index contributed by atoms with van der Waals surface area (Å²) in [6.45, 7) is 2.32. The van der Waals surface area contributed by atoms with Crippen molar-refractivity contribution >= 4 is 277 Å². The molecule has 0 saturated carbocycles. The number of benzene rings is 10. The molecule has 0 fully saturated rings. The van der Waals surface area contributed by atoms with Gasteiger partial charge in [0.15, 0.2) is 11.6 Å². The Kier molecular flexibility index (Phi) is 49.5. The Morgan fingerprint density at radius 2 is 0.896 bits per heavy atom. The lowest BCUT2D eigenvalue weighted by molar-refractivity contribution is -0.143. The first-order chi connectivity index (χ1) is 69.3. The summed E-state index contributed by atoms with van der Waals surface area (Å²) in [7, 11) is 26.7. The number of hydrogen-bond donors (Lipinski definition) is 4. The van der Waals surface area contributed by atoms with E-state index in [0.29, 0.717) is 77.7 Å². The number of thiocarbonyl (C=S) groups is 1. The molecule has 0 aromatic heterocycles. The van der Waals surface area contributed by atoms with Crippen molar-refractivity contribution < 1.29 is 95.7 Å². The van der Waals surface area contributed by atoms with Crippen LogP contribution in [0.5, 0.6) is 23.0 Å². The largest absolute Gasteiger partial charge is 0.497 e. The lowest BCUT2D eigenvalue weighted by Gasteiger charge is -2.20. The summed E-state index contributed by atoms with van der Waals surface area (Å²) in [5.74, 6) is -2.06. The smallest absolute Gasteiger partial charge is 0.407 e. The molecule has 3 heterocycles. The molecule has 3 aliphatic heterocycles. The van der Waals surface area contributed by atoms with Crippen molar-refractivity contribution in [1.29, 1.82) is 0 Å². The fraction of sp³-hybridized carbons (Fsp3) is 0.235. The van der Waals surface area contributed by atoms with Gasteiger partial charge in [0.1, 0.15) is 47.7 Å². The molecule has 10 aromatic carbocycles. The second-order valence-electron chi connectivity index (χ2n) is 30.2. The first-order valence-corrected chi connectivity index (χ1v) is 63.0. The second kappa shape index (κ2) is 60.8. The number of carboxylic acid groups (broad SMARTS) is 1. The highest BCUT2D eigenvalue weighted by Gasteiger charge is 2.35. The fourth-order valence-electron chi connectivity index (χ4n) is 14.3. The molecule has 3 amide bonds. The highest BCUT2D eigenvalue weighted by molar-refractivity contribution is 8.87. The molecule has 752 valence electrons. The van der Waals surface area contributed by atoms with E-state index in [-0.39, 0.29) is 74.1 Å². The van der Waals surface area contributed by atoms with E-state index >= 15 is 0 Å². The number of methoxy groups -OCH3 is 8. The maximum Gasteiger partial charge on any atom is 0.407 e. The van der Waals surface area contributed by atoms with Crippen LogP contribution in [-0.2, 0) is 179 Å². The number of carboxylic acids is 1. The van der Waals surface area contributed by atoms with Gasteiger partial charge in [-0.3, -0.25) is 58.1 Å². The summed E-state index contributed by atoms with van der Waals surface area (Å²) in [5.41, 5.74) is 18.0. The third-order valence-corrected chi connectivity index (χ3v) is 56.2. The molecule has 144 heavy (non-hydrogen) atoms. The Morgan fingerprint density at radius 3 is 1.35 bits per heavy atom. The number of ether oxygens (including phenoxy) is 9. The van der Waals surface area contributed by atoms with Crippen LogP contribution in [0, 0.1) is 0 Å². The number of rotatable bonds is 26. The summed E-state index contributed by atoms with van der Waals surface area (Å²) in [5, 5.41) is 19.1. The monoisotopic (exact) mass is 2300 g/mol. The third-order valence-electron chi connectivity index (χ3n) is 21.1. The van der Waals surface area contributed by atoms with Gasteiger partial charge in [-0.25, -0.2) is 10.2 Å². The van der Waals surface area contributed by atoms with Crippen LogP contribution in [0.15, 0.2) is 238 Å². The maximum atomic E-state index is 13.4. The predicted molar refractivity (Wildman–Crippen MR) is 601 cm³/mol. The average molecular weight is 2310 g/mol. The Hall–Kier alpha value is -10.2. The Bertz CT molecular complexity index is 6760. The van der Waals surface area contributed by atoms with Crippen LogP contribution < -0.4 is 35.0 Å². The van der Waals surface area contributed by atoms with Gasteiger partial charge in [-0.1, -0.05) is 185 Å². The number of aliphatic imine (C=N–C) groups is 3. The SMILES string of the molecule is CC(=O)O.COC(=O)C[C@@H]1N=C(c2ccc(Cl)cc2)c2cc(OC)ccc2C/C1=N\NC(C)=O.COC(=O)C[C@@H]1N=C(c2ccc(Cl)cc2)c2cc(OC)ccc2CC1=O.COC(=O)C[C@@H]1N=C(c2ccc(Cl)cc2)c2cc(OC)ccc2CC1=S.COC(=O)C[C@H](NC(=O)OCC1c2ccccc2-c2ccccc21)C(=O)Nc1ccc(OC)cc1C(=O)c1ccc(Cl)cc1.S=PP(P=S)P=S=S=S=S=S=S=S=S. The van der Waals surface area contributed by atoms with Crippen molar-refractivity contribution in [2.45, 2.75) is 88.9 Å². The average Bonchev–Trinajstić information content (AvgIpc) is 1.61. The molecule has 0 spiro atoms. The highest BCUT2D eigenvalue weighted by Crippen LogP contribution is 2.70. The topological polar surface area (TPSA) is 360 Å². The Morgan fingerprint density at radius 1 is 0.493 bits per heavy atom. The summed E-state index contributed by atoms with van der Waals surface area (Å²) < 4.78 is 46.1. The zero-order chi connectivity index (χ0) is 104. The third kappa shape index (κ3) is 35.8. The van der Waals surface area contributed by atoms with Gasteiger partial charge in [0.05, 0.1) is 124 Å². The number of nitrogens with one attached hydrogen (secondary N) is 3. The van der Waals surface area contributed by atoms with Gasteiger partial charge in [-0.2, -0.15) is 5.10 Å². The summed E-state index contributed by atoms with van der Waals surface area (Å²) in [6.07, 6.45) is -0.154. The van der Waals surface area contributed by atoms with Crippen molar-refractivity contribution in [2.24, 2.45) is 20.1 Å². The first-order valence-electron chi connectivity index (χ1n) is 42.6. The molecular weight excluding hydrogens is 2210 g/mol. The van der Waals surface area contributed by atoms with Crippen LogP contribution in [0.4, 0.5) is 10.5 Å². The minimum absolute atomic E-state index is 0.00285. The molecule has 0 unspecified atom stereocenters. The Balaban J connectivity index is 0.000000206. The summed E-state index contributed by atoms with van der Waals surface area (Å²) in [4.78, 5) is 136. The van der Waals surface area contributed by atoms with Crippen molar-refractivity contribution in [3.63, 3.8) is 0 Å². The number of aliphatic carboxylic acids is 1. The van der Waals surface area contributed by atoms with E-state index in [1.807, 2.05) is 161 Å². The van der Waals surface area contributed by atoms with Gasteiger partial charge in [-0.05, 0) is 228 Å². The highest BCUT2D eigenvalue weighted by atomic mass is 35.5. The van der Waals surface area contributed by atoms with E-state index < -0.39 is 72.2 Å². The molecule has 0 saturated heterocycles. The van der Waals surface area contributed by atoms with Gasteiger partial charge < -0.3 is 58.4 Å². The number of Topliss-reactive ketones (excluding diaryl/α,β-unsaturated/α-hetero) is 1. The molecule has 10 aromatic rings. The number of anilines is 1. The molecule has 14 rings (SSSR count).